The van der Waals surface area contributed by atoms with Crippen molar-refractivity contribution in [1.82, 2.24) is 9.78 Å². The van der Waals surface area contributed by atoms with E-state index < -0.39 is 6.10 Å². The zero-order chi connectivity index (χ0) is 13.0. The van der Waals surface area contributed by atoms with Crippen LogP contribution in [0.5, 0.6) is 0 Å². The normalized spacial score (nSPS) is 14.4. The maximum atomic E-state index is 10.0. The summed E-state index contributed by atoms with van der Waals surface area (Å²) in [4.78, 5) is 0. The lowest BCUT2D eigenvalue weighted by molar-refractivity contribution is 0.121. The van der Waals surface area contributed by atoms with Crippen molar-refractivity contribution in [3.63, 3.8) is 0 Å². The van der Waals surface area contributed by atoms with Crippen molar-refractivity contribution in [2.75, 3.05) is 6.54 Å². The van der Waals surface area contributed by atoms with Crippen LogP contribution in [0.25, 0.3) is 0 Å². The number of aliphatic hydroxyl groups is 1. The lowest BCUT2D eigenvalue weighted by Crippen LogP contribution is -2.18. The van der Waals surface area contributed by atoms with E-state index in [9.17, 15) is 5.11 Å². The Balaban J connectivity index is 2.07. The van der Waals surface area contributed by atoms with E-state index in [2.05, 4.69) is 17.2 Å². The summed E-state index contributed by atoms with van der Waals surface area (Å²) in [7, 11) is 0. The Morgan fingerprint density at radius 1 is 1.33 bits per heavy atom. The molecule has 0 aliphatic heterocycles. The number of benzene rings is 1. The second kappa shape index (κ2) is 5.80. The minimum atomic E-state index is -0.542. The smallest absolute Gasteiger partial charge is 0.0858 e. The molecule has 0 radical (unpaired) electrons. The molecule has 2 aromatic rings. The van der Waals surface area contributed by atoms with Crippen molar-refractivity contribution < 1.29 is 5.11 Å². The van der Waals surface area contributed by atoms with Gasteiger partial charge in [-0.05, 0) is 18.0 Å². The van der Waals surface area contributed by atoms with E-state index >= 15 is 0 Å². The van der Waals surface area contributed by atoms with Gasteiger partial charge in [-0.15, -0.1) is 0 Å². The van der Waals surface area contributed by atoms with Gasteiger partial charge >= 0.3 is 0 Å². The van der Waals surface area contributed by atoms with Gasteiger partial charge in [0.15, 0.2) is 0 Å². The first-order valence-corrected chi connectivity index (χ1v) is 6.15. The Kier molecular flexibility index (Phi) is 4.12. The lowest BCUT2D eigenvalue weighted by Gasteiger charge is -2.14. The highest BCUT2D eigenvalue weighted by Gasteiger charge is 2.16. The van der Waals surface area contributed by atoms with Gasteiger partial charge in [-0.3, -0.25) is 4.68 Å². The molecule has 2 rings (SSSR count). The van der Waals surface area contributed by atoms with Crippen molar-refractivity contribution in [2.45, 2.75) is 19.6 Å². The molecule has 0 spiro atoms. The van der Waals surface area contributed by atoms with Crippen LogP contribution in [0.3, 0.4) is 0 Å². The molecule has 2 unspecified atom stereocenters. The first kappa shape index (κ1) is 12.8. The van der Waals surface area contributed by atoms with E-state index in [-0.39, 0.29) is 5.92 Å². The van der Waals surface area contributed by atoms with Gasteiger partial charge in [0, 0.05) is 11.8 Å². The van der Waals surface area contributed by atoms with Crippen LogP contribution in [0.4, 0.5) is 0 Å². The lowest BCUT2D eigenvalue weighted by atomic mass is 10.0. The van der Waals surface area contributed by atoms with E-state index in [1.165, 1.54) is 5.56 Å². The van der Waals surface area contributed by atoms with Crippen LogP contribution >= 0.6 is 0 Å². The van der Waals surface area contributed by atoms with Gasteiger partial charge in [-0.1, -0.05) is 37.3 Å². The Labute approximate surface area is 107 Å². The largest absolute Gasteiger partial charge is 0.388 e. The number of nitrogens with two attached hydrogens (primary N) is 1. The molecule has 4 heteroatoms. The Morgan fingerprint density at radius 2 is 2.06 bits per heavy atom. The summed E-state index contributed by atoms with van der Waals surface area (Å²) in [6, 6.07) is 10.1. The molecule has 4 nitrogen and oxygen atoms in total. The predicted molar refractivity (Wildman–Crippen MR) is 70.9 cm³/mol. The van der Waals surface area contributed by atoms with Crippen molar-refractivity contribution in [2.24, 2.45) is 11.7 Å². The maximum absolute atomic E-state index is 10.0. The molecular weight excluding hydrogens is 226 g/mol. The van der Waals surface area contributed by atoms with E-state index in [0.29, 0.717) is 13.1 Å². The first-order valence-electron chi connectivity index (χ1n) is 6.15. The summed E-state index contributed by atoms with van der Waals surface area (Å²) in [6.45, 7) is 3.11. The monoisotopic (exact) mass is 245 g/mol. The Hall–Kier alpha value is -1.65. The quantitative estimate of drug-likeness (QED) is 0.840. The minimum absolute atomic E-state index is 0.0411. The molecule has 0 aliphatic carbocycles. The Morgan fingerprint density at radius 3 is 2.72 bits per heavy atom. The van der Waals surface area contributed by atoms with Gasteiger partial charge in [0.2, 0.25) is 0 Å². The molecule has 18 heavy (non-hydrogen) atoms. The van der Waals surface area contributed by atoms with Crippen molar-refractivity contribution >= 4 is 0 Å². The van der Waals surface area contributed by atoms with Crippen LogP contribution in [0.2, 0.25) is 0 Å². The SMILES string of the molecule is CC(CN)C(O)c1cnn(Cc2ccccc2)c1. The second-order valence-electron chi connectivity index (χ2n) is 4.61. The highest BCUT2D eigenvalue weighted by Crippen LogP contribution is 2.20. The molecular formula is C14H19N3O. The average molecular weight is 245 g/mol. The molecule has 1 heterocycles. The number of hydrogen-bond donors (Lipinski definition) is 2. The third-order valence-corrected chi connectivity index (χ3v) is 3.09. The highest BCUT2D eigenvalue weighted by molar-refractivity contribution is 5.16. The van der Waals surface area contributed by atoms with E-state index in [0.717, 1.165) is 5.56 Å². The standard InChI is InChI=1S/C14H19N3O/c1-11(7-15)14(18)13-8-16-17(10-13)9-12-5-3-2-4-6-12/h2-6,8,10-11,14,18H,7,9,15H2,1H3. The summed E-state index contributed by atoms with van der Waals surface area (Å²) < 4.78 is 1.83. The van der Waals surface area contributed by atoms with E-state index in [1.54, 1.807) is 6.20 Å². The maximum Gasteiger partial charge on any atom is 0.0858 e. The van der Waals surface area contributed by atoms with Crippen molar-refractivity contribution in [3.8, 4) is 0 Å². The number of aliphatic hydroxyl groups excluding tert-OH is 1. The molecule has 0 saturated heterocycles. The van der Waals surface area contributed by atoms with Gasteiger partial charge in [0.05, 0.1) is 18.8 Å². The van der Waals surface area contributed by atoms with Gasteiger partial charge in [-0.25, -0.2) is 0 Å². The summed E-state index contributed by atoms with van der Waals surface area (Å²) >= 11 is 0. The van der Waals surface area contributed by atoms with Crippen LogP contribution in [0, 0.1) is 5.92 Å². The third kappa shape index (κ3) is 2.97. The molecule has 1 aromatic carbocycles. The number of hydrogen-bond acceptors (Lipinski definition) is 3. The molecule has 0 amide bonds. The highest BCUT2D eigenvalue weighted by atomic mass is 16.3. The average Bonchev–Trinajstić information content (AvgIpc) is 2.86. The van der Waals surface area contributed by atoms with Crippen LogP contribution in [-0.4, -0.2) is 21.4 Å². The Bertz CT molecular complexity index is 481. The molecule has 0 fully saturated rings. The molecule has 0 bridgehead atoms. The number of aromatic nitrogens is 2. The third-order valence-electron chi connectivity index (χ3n) is 3.09. The predicted octanol–water partition coefficient (Wildman–Crippen LogP) is 1.56. The fourth-order valence-electron chi connectivity index (χ4n) is 1.85. The van der Waals surface area contributed by atoms with Crippen LogP contribution in [0.1, 0.15) is 24.2 Å². The molecule has 0 saturated carbocycles. The number of nitrogens with zero attached hydrogens (tertiary/aromatic N) is 2. The summed E-state index contributed by atoms with van der Waals surface area (Å²) in [5.74, 6) is 0.0411. The minimum Gasteiger partial charge on any atom is -0.388 e. The van der Waals surface area contributed by atoms with Crippen LogP contribution in [-0.2, 0) is 6.54 Å². The van der Waals surface area contributed by atoms with Crippen LogP contribution < -0.4 is 5.73 Å². The first-order chi connectivity index (χ1) is 8.70. The van der Waals surface area contributed by atoms with E-state index in [1.807, 2.05) is 36.0 Å². The molecule has 3 N–H and O–H groups in total. The van der Waals surface area contributed by atoms with Crippen LogP contribution in [0.15, 0.2) is 42.7 Å². The number of rotatable bonds is 5. The summed E-state index contributed by atoms with van der Waals surface area (Å²) in [5, 5.41) is 14.3. The fourth-order valence-corrected chi connectivity index (χ4v) is 1.85. The van der Waals surface area contributed by atoms with Crippen molar-refractivity contribution in [3.05, 3.63) is 53.9 Å². The summed E-state index contributed by atoms with van der Waals surface area (Å²) in [6.07, 6.45) is 3.04. The van der Waals surface area contributed by atoms with Gasteiger partial charge in [0.1, 0.15) is 0 Å². The second-order valence-corrected chi connectivity index (χ2v) is 4.61. The summed E-state index contributed by atoms with van der Waals surface area (Å²) in [5.41, 5.74) is 7.56. The molecule has 96 valence electrons. The zero-order valence-corrected chi connectivity index (χ0v) is 10.5. The van der Waals surface area contributed by atoms with Crippen molar-refractivity contribution in [1.29, 1.82) is 0 Å². The fraction of sp³-hybridized carbons (Fsp3) is 0.357. The molecule has 1 aromatic heterocycles. The van der Waals surface area contributed by atoms with Gasteiger partial charge < -0.3 is 10.8 Å². The topological polar surface area (TPSA) is 64.1 Å². The van der Waals surface area contributed by atoms with Gasteiger partial charge in [-0.2, -0.15) is 5.10 Å². The zero-order valence-electron chi connectivity index (χ0n) is 10.5. The molecule has 0 aliphatic rings. The molecule has 2 atom stereocenters. The van der Waals surface area contributed by atoms with Gasteiger partial charge in [0.25, 0.3) is 0 Å². The van der Waals surface area contributed by atoms with E-state index in [4.69, 9.17) is 5.73 Å².